The monoisotopic (exact) mass is 263 g/mol. The maximum atomic E-state index is 12.0. The molecule has 1 aromatic rings. The Kier molecular flexibility index (Phi) is 5.65. The Labute approximate surface area is 105 Å². The molecule has 1 aromatic heterocycles. The lowest BCUT2D eigenvalue weighted by atomic mass is 10.1. The van der Waals surface area contributed by atoms with Crippen LogP contribution in [0.15, 0.2) is 12.3 Å². The van der Waals surface area contributed by atoms with Gasteiger partial charge in [-0.05, 0) is 25.8 Å². The summed E-state index contributed by atoms with van der Waals surface area (Å²) in [4.78, 5) is 0. The van der Waals surface area contributed by atoms with Crippen molar-refractivity contribution in [3.8, 4) is 0 Å². The van der Waals surface area contributed by atoms with Gasteiger partial charge in [0.2, 0.25) is 0 Å². The van der Waals surface area contributed by atoms with E-state index in [2.05, 4.69) is 10.4 Å². The lowest BCUT2D eigenvalue weighted by Gasteiger charge is -2.13. The minimum Gasteiger partial charge on any atom is -0.314 e. The molecule has 1 N–H and O–H groups in total. The third-order valence-electron chi connectivity index (χ3n) is 2.74. The first kappa shape index (κ1) is 15.0. The van der Waals surface area contributed by atoms with Crippen molar-refractivity contribution in [1.82, 2.24) is 15.1 Å². The summed E-state index contributed by atoms with van der Waals surface area (Å²) in [7, 11) is 1.86. The Hall–Kier alpha value is -1.04. The van der Waals surface area contributed by atoms with Gasteiger partial charge in [-0.15, -0.1) is 0 Å². The Bertz CT molecular complexity index is 347. The average molecular weight is 263 g/mol. The van der Waals surface area contributed by atoms with E-state index in [9.17, 15) is 13.2 Å². The molecule has 104 valence electrons. The molecule has 0 amide bonds. The first-order valence-corrected chi connectivity index (χ1v) is 6.15. The highest BCUT2D eigenvalue weighted by Gasteiger charge is 2.26. The van der Waals surface area contributed by atoms with Gasteiger partial charge in [-0.1, -0.05) is 0 Å². The van der Waals surface area contributed by atoms with Gasteiger partial charge in [-0.2, -0.15) is 18.3 Å². The highest BCUT2D eigenvalue weighted by Crippen LogP contribution is 2.22. The zero-order valence-electron chi connectivity index (χ0n) is 10.8. The second-order valence-corrected chi connectivity index (χ2v) is 4.59. The minimum atomic E-state index is -4.03. The summed E-state index contributed by atoms with van der Waals surface area (Å²) < 4.78 is 37.6. The van der Waals surface area contributed by atoms with Gasteiger partial charge >= 0.3 is 6.18 Å². The van der Waals surface area contributed by atoms with Gasteiger partial charge in [0.25, 0.3) is 0 Å². The zero-order valence-corrected chi connectivity index (χ0v) is 10.8. The summed E-state index contributed by atoms with van der Waals surface area (Å²) in [6, 6.07) is 2.05. The number of alkyl halides is 3. The number of nitrogens with one attached hydrogen (secondary N) is 1. The van der Waals surface area contributed by atoms with Crippen LogP contribution in [0.3, 0.4) is 0 Å². The predicted octanol–water partition coefficient (Wildman–Crippen LogP) is 2.67. The van der Waals surface area contributed by atoms with Gasteiger partial charge in [0.05, 0.1) is 5.69 Å². The molecule has 0 aromatic carbocycles. The maximum Gasteiger partial charge on any atom is 0.389 e. The molecule has 0 bridgehead atoms. The van der Waals surface area contributed by atoms with Crippen LogP contribution in [-0.2, 0) is 13.5 Å². The highest BCUT2D eigenvalue weighted by molar-refractivity contribution is 4.98. The molecule has 0 aliphatic carbocycles. The summed E-state index contributed by atoms with van der Waals surface area (Å²) in [6.45, 7) is 2.65. The Morgan fingerprint density at radius 3 is 2.72 bits per heavy atom. The van der Waals surface area contributed by atoms with Crippen LogP contribution in [0.1, 0.15) is 31.9 Å². The molecule has 0 saturated carbocycles. The molecule has 6 heteroatoms. The molecular weight excluding hydrogens is 243 g/mol. The minimum absolute atomic E-state index is 0.107. The Balaban J connectivity index is 2.08. The van der Waals surface area contributed by atoms with Crippen LogP contribution in [0.25, 0.3) is 0 Å². The lowest BCUT2D eigenvalue weighted by Crippen LogP contribution is -2.28. The van der Waals surface area contributed by atoms with Crippen LogP contribution in [0.2, 0.25) is 0 Å². The molecule has 1 unspecified atom stereocenters. The summed E-state index contributed by atoms with van der Waals surface area (Å²) >= 11 is 0. The Morgan fingerprint density at radius 1 is 1.44 bits per heavy atom. The molecular formula is C12H20F3N3. The predicted molar refractivity (Wildman–Crippen MR) is 64.3 cm³/mol. The molecule has 3 nitrogen and oxygen atoms in total. The van der Waals surface area contributed by atoms with Crippen molar-refractivity contribution in [2.24, 2.45) is 7.05 Å². The molecule has 18 heavy (non-hydrogen) atoms. The van der Waals surface area contributed by atoms with E-state index in [-0.39, 0.29) is 12.5 Å². The van der Waals surface area contributed by atoms with E-state index < -0.39 is 12.6 Å². The summed E-state index contributed by atoms with van der Waals surface area (Å²) in [6.07, 6.45) is -1.33. The molecule has 1 heterocycles. The van der Waals surface area contributed by atoms with Crippen molar-refractivity contribution in [2.45, 2.75) is 44.8 Å². The van der Waals surface area contributed by atoms with Crippen LogP contribution in [0.4, 0.5) is 13.2 Å². The smallest absolute Gasteiger partial charge is 0.314 e. The summed E-state index contributed by atoms with van der Waals surface area (Å²) in [5, 5.41) is 7.44. The molecule has 0 fully saturated rings. The van der Waals surface area contributed by atoms with E-state index in [4.69, 9.17) is 0 Å². The van der Waals surface area contributed by atoms with Crippen LogP contribution in [0.5, 0.6) is 0 Å². The fourth-order valence-corrected chi connectivity index (χ4v) is 1.75. The van der Waals surface area contributed by atoms with E-state index in [1.165, 1.54) is 0 Å². The molecule has 0 radical (unpaired) electrons. The van der Waals surface area contributed by atoms with Crippen LogP contribution >= 0.6 is 0 Å². The van der Waals surface area contributed by atoms with Crippen molar-refractivity contribution >= 4 is 0 Å². The van der Waals surface area contributed by atoms with Crippen LogP contribution in [-0.4, -0.2) is 28.5 Å². The number of aryl methyl sites for hydroxylation is 1. The standard InChI is InChI=1S/C12H20F3N3/c1-10(4-3-7-12(13,14)15)16-8-5-11-6-9-18(2)17-11/h6,9-10,16H,3-5,7-8H2,1-2H3. The van der Waals surface area contributed by atoms with Gasteiger partial charge in [-0.25, -0.2) is 0 Å². The average Bonchev–Trinajstić information content (AvgIpc) is 2.62. The number of rotatable bonds is 7. The van der Waals surface area contributed by atoms with Gasteiger partial charge < -0.3 is 5.32 Å². The third kappa shape index (κ3) is 6.64. The molecule has 1 atom stereocenters. The molecule has 1 rings (SSSR count). The maximum absolute atomic E-state index is 12.0. The van der Waals surface area contributed by atoms with Gasteiger partial charge in [0, 0.05) is 38.7 Å². The molecule has 0 aliphatic heterocycles. The zero-order chi connectivity index (χ0) is 13.6. The summed E-state index contributed by atoms with van der Waals surface area (Å²) in [5.41, 5.74) is 0.993. The second kappa shape index (κ2) is 6.78. The first-order chi connectivity index (χ1) is 8.37. The topological polar surface area (TPSA) is 29.9 Å². The van der Waals surface area contributed by atoms with E-state index in [1.54, 1.807) is 4.68 Å². The number of aromatic nitrogens is 2. The van der Waals surface area contributed by atoms with E-state index in [0.717, 1.165) is 18.7 Å². The van der Waals surface area contributed by atoms with Gasteiger partial charge in [0.1, 0.15) is 0 Å². The van der Waals surface area contributed by atoms with Gasteiger partial charge in [-0.3, -0.25) is 4.68 Å². The van der Waals surface area contributed by atoms with E-state index in [1.807, 2.05) is 26.2 Å². The van der Waals surface area contributed by atoms with E-state index >= 15 is 0 Å². The molecule has 0 aliphatic rings. The molecule has 0 saturated heterocycles. The lowest BCUT2D eigenvalue weighted by molar-refractivity contribution is -0.135. The number of halogens is 3. The first-order valence-electron chi connectivity index (χ1n) is 6.15. The fourth-order valence-electron chi connectivity index (χ4n) is 1.75. The van der Waals surface area contributed by atoms with Crippen LogP contribution < -0.4 is 5.32 Å². The van der Waals surface area contributed by atoms with Crippen molar-refractivity contribution in [2.75, 3.05) is 6.54 Å². The highest BCUT2D eigenvalue weighted by atomic mass is 19.4. The number of nitrogens with zero attached hydrogens (tertiary/aromatic N) is 2. The number of hydrogen-bond acceptors (Lipinski definition) is 2. The normalized spacial score (nSPS) is 13.8. The van der Waals surface area contributed by atoms with Crippen LogP contribution in [0, 0.1) is 0 Å². The summed E-state index contributed by atoms with van der Waals surface area (Å²) in [5.74, 6) is 0. The van der Waals surface area contributed by atoms with Crippen molar-refractivity contribution in [3.05, 3.63) is 18.0 Å². The largest absolute Gasteiger partial charge is 0.389 e. The SMILES string of the molecule is CC(CCCC(F)(F)F)NCCc1ccn(C)n1. The van der Waals surface area contributed by atoms with E-state index in [0.29, 0.717) is 6.42 Å². The van der Waals surface area contributed by atoms with Crippen molar-refractivity contribution in [3.63, 3.8) is 0 Å². The third-order valence-corrected chi connectivity index (χ3v) is 2.74. The second-order valence-electron chi connectivity index (χ2n) is 4.59. The van der Waals surface area contributed by atoms with Crippen molar-refractivity contribution in [1.29, 1.82) is 0 Å². The quantitative estimate of drug-likeness (QED) is 0.819. The van der Waals surface area contributed by atoms with Crippen molar-refractivity contribution < 1.29 is 13.2 Å². The fraction of sp³-hybridized carbons (Fsp3) is 0.750. The Morgan fingerprint density at radius 2 is 2.17 bits per heavy atom. The van der Waals surface area contributed by atoms with Gasteiger partial charge in [0.15, 0.2) is 0 Å². The molecule has 0 spiro atoms. The number of hydrogen-bond donors (Lipinski definition) is 1.